The minimum atomic E-state index is -3.29. The van der Waals surface area contributed by atoms with Gasteiger partial charge in [-0.2, -0.15) is 0 Å². The number of hydrogen-bond acceptors (Lipinski definition) is 5. The Balaban J connectivity index is 2.84. The molecule has 1 amide bonds. The van der Waals surface area contributed by atoms with Crippen molar-refractivity contribution in [1.29, 1.82) is 0 Å². The Bertz CT molecular complexity index is 474. The van der Waals surface area contributed by atoms with Crippen molar-refractivity contribution in [1.82, 2.24) is 4.90 Å². The highest BCUT2D eigenvalue weighted by Crippen LogP contribution is 2.17. The van der Waals surface area contributed by atoms with E-state index in [1.807, 2.05) is 13.8 Å². The monoisotopic (exact) mass is 306 g/mol. The molecule has 116 valence electrons. The normalized spacial score (nSPS) is 23.6. The summed E-state index contributed by atoms with van der Waals surface area (Å²) in [5.74, 6) is -1.69. The lowest BCUT2D eigenvalue weighted by Gasteiger charge is -2.36. The predicted molar refractivity (Wildman–Crippen MR) is 73.8 cm³/mol. The van der Waals surface area contributed by atoms with Gasteiger partial charge in [0.1, 0.15) is 0 Å². The first-order chi connectivity index (χ1) is 9.12. The van der Waals surface area contributed by atoms with E-state index in [0.717, 1.165) is 0 Å². The molecule has 0 aromatic carbocycles. The number of carboxylic acid groups (broad SMARTS) is 1. The van der Waals surface area contributed by atoms with Crippen LogP contribution in [0, 0.1) is 5.92 Å². The Morgan fingerprint density at radius 2 is 2.00 bits per heavy atom. The topological polar surface area (TPSA) is 118 Å². The molecule has 0 bridgehead atoms. The molecule has 1 aliphatic rings. The molecule has 0 saturated carbocycles. The van der Waals surface area contributed by atoms with Crippen LogP contribution in [0.25, 0.3) is 0 Å². The molecule has 7 nitrogen and oxygen atoms in total. The second-order valence-corrected chi connectivity index (χ2v) is 7.86. The first kappa shape index (κ1) is 16.9. The van der Waals surface area contributed by atoms with Gasteiger partial charge in [0.25, 0.3) is 0 Å². The molecule has 0 aliphatic carbocycles. The van der Waals surface area contributed by atoms with Crippen LogP contribution in [0.2, 0.25) is 0 Å². The smallest absolute Gasteiger partial charge is 0.305 e. The summed E-state index contributed by atoms with van der Waals surface area (Å²) in [7, 11) is -3.29. The van der Waals surface area contributed by atoms with Crippen LogP contribution in [-0.4, -0.2) is 60.4 Å². The molecule has 0 aromatic rings. The lowest BCUT2D eigenvalue weighted by molar-refractivity contribution is -0.141. The summed E-state index contributed by atoms with van der Waals surface area (Å²) in [5.41, 5.74) is 5.82. The van der Waals surface area contributed by atoms with E-state index >= 15 is 0 Å². The van der Waals surface area contributed by atoms with Crippen molar-refractivity contribution in [3.63, 3.8) is 0 Å². The first-order valence-corrected chi connectivity index (χ1v) is 8.43. The SMILES string of the molecule is CC(C)CC(N)C(=O)N1CCS(=O)(=O)CC1CC(=O)O. The fraction of sp³-hybridized carbons (Fsp3) is 0.833. The molecule has 1 saturated heterocycles. The fourth-order valence-electron chi connectivity index (χ4n) is 2.37. The van der Waals surface area contributed by atoms with Crippen molar-refractivity contribution in [3.05, 3.63) is 0 Å². The molecule has 2 atom stereocenters. The molecule has 3 N–H and O–H groups in total. The molecular formula is C12H22N2O5S. The molecule has 0 aromatic heterocycles. The Hall–Kier alpha value is -1.15. The van der Waals surface area contributed by atoms with E-state index in [4.69, 9.17) is 10.8 Å². The van der Waals surface area contributed by atoms with Crippen LogP contribution in [0.1, 0.15) is 26.7 Å². The maximum Gasteiger partial charge on any atom is 0.305 e. The van der Waals surface area contributed by atoms with E-state index in [-0.39, 0.29) is 36.3 Å². The van der Waals surface area contributed by atoms with Gasteiger partial charge in [-0.1, -0.05) is 13.8 Å². The number of aliphatic carboxylic acids is 1. The molecule has 1 fully saturated rings. The van der Waals surface area contributed by atoms with Crippen molar-refractivity contribution in [2.75, 3.05) is 18.1 Å². The highest BCUT2D eigenvalue weighted by Gasteiger charge is 2.37. The second kappa shape index (κ2) is 6.53. The van der Waals surface area contributed by atoms with Gasteiger partial charge in [-0.15, -0.1) is 0 Å². The fourth-order valence-corrected chi connectivity index (χ4v) is 3.89. The summed E-state index contributed by atoms with van der Waals surface area (Å²) in [6.07, 6.45) is 0.112. The second-order valence-electron chi connectivity index (χ2n) is 5.63. The summed E-state index contributed by atoms with van der Waals surface area (Å²) in [4.78, 5) is 24.4. The minimum Gasteiger partial charge on any atom is -0.481 e. The largest absolute Gasteiger partial charge is 0.481 e. The number of nitrogens with zero attached hydrogens (tertiary/aromatic N) is 1. The number of amides is 1. The van der Waals surface area contributed by atoms with Crippen LogP contribution >= 0.6 is 0 Å². The van der Waals surface area contributed by atoms with E-state index in [1.54, 1.807) is 0 Å². The third kappa shape index (κ3) is 4.75. The molecular weight excluding hydrogens is 284 g/mol. The zero-order valence-electron chi connectivity index (χ0n) is 11.8. The Labute approximate surface area is 119 Å². The number of sulfone groups is 1. The lowest BCUT2D eigenvalue weighted by atomic mass is 10.0. The maximum absolute atomic E-state index is 12.2. The predicted octanol–water partition coefficient (Wildman–Crippen LogP) is -0.540. The highest BCUT2D eigenvalue weighted by molar-refractivity contribution is 7.91. The van der Waals surface area contributed by atoms with Crippen LogP contribution < -0.4 is 5.73 Å². The Kier molecular flexibility index (Phi) is 5.52. The zero-order chi connectivity index (χ0) is 15.5. The number of carboxylic acids is 1. The molecule has 1 rings (SSSR count). The standard InChI is InChI=1S/C12H22N2O5S/c1-8(2)5-10(13)12(17)14-3-4-20(18,19)7-9(14)6-11(15)16/h8-10H,3-7,13H2,1-2H3,(H,15,16). The third-order valence-corrected chi connectivity index (χ3v) is 4.96. The van der Waals surface area contributed by atoms with Crippen molar-refractivity contribution < 1.29 is 23.1 Å². The Morgan fingerprint density at radius 3 is 2.50 bits per heavy atom. The Morgan fingerprint density at radius 1 is 1.40 bits per heavy atom. The number of carbonyl (C=O) groups excluding carboxylic acids is 1. The van der Waals surface area contributed by atoms with Crippen molar-refractivity contribution >= 4 is 21.7 Å². The third-order valence-electron chi connectivity index (χ3n) is 3.27. The molecule has 8 heteroatoms. The van der Waals surface area contributed by atoms with Crippen LogP contribution in [0.3, 0.4) is 0 Å². The molecule has 20 heavy (non-hydrogen) atoms. The van der Waals surface area contributed by atoms with E-state index in [1.165, 1.54) is 4.90 Å². The number of nitrogens with two attached hydrogens (primary N) is 1. The lowest BCUT2D eigenvalue weighted by Crippen LogP contribution is -2.56. The zero-order valence-corrected chi connectivity index (χ0v) is 12.6. The molecule has 1 aliphatic heterocycles. The quantitative estimate of drug-likeness (QED) is 0.704. The van der Waals surface area contributed by atoms with Gasteiger partial charge in [-0.25, -0.2) is 8.42 Å². The van der Waals surface area contributed by atoms with Crippen LogP contribution in [0.4, 0.5) is 0 Å². The van der Waals surface area contributed by atoms with Crippen molar-refractivity contribution in [2.24, 2.45) is 11.7 Å². The van der Waals surface area contributed by atoms with Gasteiger partial charge in [-0.05, 0) is 12.3 Å². The number of rotatable bonds is 5. The summed E-state index contributed by atoms with van der Waals surface area (Å²) in [5, 5.41) is 8.86. The van der Waals surface area contributed by atoms with Gasteiger partial charge in [0.05, 0.1) is 30.0 Å². The van der Waals surface area contributed by atoms with Crippen molar-refractivity contribution in [2.45, 2.75) is 38.8 Å². The van der Waals surface area contributed by atoms with E-state index < -0.39 is 27.9 Å². The van der Waals surface area contributed by atoms with Crippen molar-refractivity contribution in [3.8, 4) is 0 Å². The van der Waals surface area contributed by atoms with Gasteiger partial charge in [-0.3, -0.25) is 9.59 Å². The van der Waals surface area contributed by atoms with Gasteiger partial charge >= 0.3 is 5.97 Å². The number of carbonyl (C=O) groups is 2. The van der Waals surface area contributed by atoms with E-state index in [2.05, 4.69) is 0 Å². The summed E-state index contributed by atoms with van der Waals surface area (Å²) < 4.78 is 23.2. The van der Waals surface area contributed by atoms with E-state index in [9.17, 15) is 18.0 Å². The average molecular weight is 306 g/mol. The highest BCUT2D eigenvalue weighted by atomic mass is 32.2. The summed E-state index contributed by atoms with van der Waals surface area (Å²) in [6, 6.07) is -1.54. The molecule has 0 spiro atoms. The molecule has 2 unspecified atom stereocenters. The average Bonchev–Trinajstić information content (AvgIpc) is 2.25. The van der Waals surface area contributed by atoms with Crippen LogP contribution in [0.5, 0.6) is 0 Å². The van der Waals surface area contributed by atoms with E-state index in [0.29, 0.717) is 6.42 Å². The summed E-state index contributed by atoms with van der Waals surface area (Å²) in [6.45, 7) is 3.88. The number of hydrogen-bond donors (Lipinski definition) is 2. The van der Waals surface area contributed by atoms with Crippen LogP contribution in [0.15, 0.2) is 0 Å². The molecule has 1 heterocycles. The van der Waals surface area contributed by atoms with Gasteiger partial charge < -0.3 is 15.7 Å². The summed E-state index contributed by atoms with van der Waals surface area (Å²) >= 11 is 0. The minimum absolute atomic E-state index is 0.0188. The molecule has 0 radical (unpaired) electrons. The maximum atomic E-state index is 12.2. The van der Waals surface area contributed by atoms with Crippen LogP contribution in [-0.2, 0) is 19.4 Å². The van der Waals surface area contributed by atoms with Gasteiger partial charge in [0, 0.05) is 6.54 Å². The van der Waals surface area contributed by atoms with Gasteiger partial charge in [0.2, 0.25) is 5.91 Å². The first-order valence-electron chi connectivity index (χ1n) is 6.60. The van der Waals surface area contributed by atoms with Gasteiger partial charge in [0.15, 0.2) is 9.84 Å².